The highest BCUT2D eigenvalue weighted by atomic mass is 32.1. The Kier molecular flexibility index (Phi) is 3.49. The molecule has 2 nitrogen and oxygen atoms in total. The molecule has 0 saturated heterocycles. The van der Waals surface area contributed by atoms with E-state index in [4.69, 9.17) is 5.73 Å². The van der Waals surface area contributed by atoms with Crippen LogP contribution in [0.15, 0.2) is 5.38 Å². The number of nitrogens with zero attached hydrogens (tertiary/aromatic N) is 1. The Bertz CT molecular complexity index is 295. The minimum absolute atomic E-state index is 0.360. The molecule has 1 atom stereocenters. The molecule has 0 bridgehead atoms. The van der Waals surface area contributed by atoms with Gasteiger partial charge in [-0.05, 0) is 6.42 Å². The van der Waals surface area contributed by atoms with Crippen molar-refractivity contribution in [3.8, 4) is 0 Å². The summed E-state index contributed by atoms with van der Waals surface area (Å²) in [7, 11) is 0. The van der Waals surface area contributed by atoms with Gasteiger partial charge in [0, 0.05) is 5.38 Å². The number of hydrogen-bond acceptors (Lipinski definition) is 3. The van der Waals surface area contributed by atoms with Crippen LogP contribution >= 0.6 is 11.3 Å². The van der Waals surface area contributed by atoms with Crippen LogP contribution in [0.4, 0.5) is 13.2 Å². The third-order valence-corrected chi connectivity index (χ3v) is 2.71. The second kappa shape index (κ2) is 4.27. The average molecular weight is 224 g/mol. The topological polar surface area (TPSA) is 38.9 Å². The summed E-state index contributed by atoms with van der Waals surface area (Å²) in [4.78, 5) is 3.47. The van der Waals surface area contributed by atoms with Crippen molar-refractivity contribution < 1.29 is 13.2 Å². The van der Waals surface area contributed by atoms with Crippen molar-refractivity contribution in [3.05, 3.63) is 16.1 Å². The van der Waals surface area contributed by atoms with Crippen LogP contribution in [0.2, 0.25) is 0 Å². The van der Waals surface area contributed by atoms with Gasteiger partial charge in [0.05, 0.1) is 6.04 Å². The quantitative estimate of drug-likeness (QED) is 0.857. The first-order valence-corrected chi connectivity index (χ1v) is 5.11. The standard InChI is InChI=1S/C8H11F3N2S/c1-2-3-5(12)7-13-6(4-14-7)8(9,10)11/h4-5H,2-3,12H2,1H3. The normalized spacial score (nSPS) is 14.4. The highest BCUT2D eigenvalue weighted by Gasteiger charge is 2.34. The Morgan fingerprint density at radius 3 is 2.64 bits per heavy atom. The maximum absolute atomic E-state index is 12.2. The molecule has 1 aromatic rings. The zero-order chi connectivity index (χ0) is 10.8. The Hall–Kier alpha value is -0.620. The molecule has 0 fully saturated rings. The molecule has 14 heavy (non-hydrogen) atoms. The lowest BCUT2D eigenvalue weighted by atomic mass is 10.2. The number of halogens is 3. The molecule has 0 spiro atoms. The molecule has 0 aliphatic carbocycles. The summed E-state index contributed by atoms with van der Waals surface area (Å²) < 4.78 is 36.5. The summed E-state index contributed by atoms with van der Waals surface area (Å²) in [5.74, 6) is 0. The van der Waals surface area contributed by atoms with Crippen molar-refractivity contribution in [1.29, 1.82) is 0 Å². The Labute approximate surface area is 84.0 Å². The first kappa shape index (κ1) is 11.5. The zero-order valence-electron chi connectivity index (χ0n) is 7.64. The Morgan fingerprint density at radius 1 is 1.57 bits per heavy atom. The molecule has 0 amide bonds. The summed E-state index contributed by atoms with van der Waals surface area (Å²) >= 11 is 0.968. The van der Waals surface area contributed by atoms with Crippen molar-refractivity contribution in [3.63, 3.8) is 0 Å². The van der Waals surface area contributed by atoms with E-state index in [0.717, 1.165) is 23.1 Å². The van der Waals surface area contributed by atoms with E-state index >= 15 is 0 Å². The molecule has 0 aliphatic rings. The van der Waals surface area contributed by atoms with Gasteiger partial charge in [0.25, 0.3) is 0 Å². The van der Waals surface area contributed by atoms with Crippen molar-refractivity contribution in [2.75, 3.05) is 0 Å². The first-order valence-electron chi connectivity index (χ1n) is 4.23. The van der Waals surface area contributed by atoms with E-state index in [0.29, 0.717) is 11.4 Å². The van der Waals surface area contributed by atoms with Crippen LogP contribution in [0, 0.1) is 0 Å². The van der Waals surface area contributed by atoms with Gasteiger partial charge < -0.3 is 5.73 Å². The van der Waals surface area contributed by atoms with E-state index in [1.54, 1.807) is 0 Å². The SMILES string of the molecule is CCCC(N)c1nc(C(F)(F)F)cs1. The van der Waals surface area contributed by atoms with E-state index < -0.39 is 11.9 Å². The maximum atomic E-state index is 12.2. The predicted molar refractivity (Wildman–Crippen MR) is 49.0 cm³/mol. The third-order valence-electron chi connectivity index (χ3n) is 1.73. The molecule has 1 heterocycles. The van der Waals surface area contributed by atoms with Crippen LogP contribution in [0.5, 0.6) is 0 Å². The van der Waals surface area contributed by atoms with E-state index in [2.05, 4.69) is 4.98 Å². The van der Waals surface area contributed by atoms with Gasteiger partial charge in [0.2, 0.25) is 0 Å². The zero-order valence-corrected chi connectivity index (χ0v) is 8.45. The molecule has 6 heteroatoms. The van der Waals surface area contributed by atoms with Crippen molar-refractivity contribution >= 4 is 11.3 Å². The highest BCUT2D eigenvalue weighted by Crippen LogP contribution is 2.31. The number of aromatic nitrogens is 1. The van der Waals surface area contributed by atoms with Gasteiger partial charge in [-0.15, -0.1) is 11.3 Å². The molecule has 2 N–H and O–H groups in total. The van der Waals surface area contributed by atoms with Crippen LogP contribution in [0.25, 0.3) is 0 Å². The van der Waals surface area contributed by atoms with E-state index in [9.17, 15) is 13.2 Å². The molecular formula is C8H11F3N2S. The molecule has 80 valence electrons. The molecule has 0 aliphatic heterocycles. The highest BCUT2D eigenvalue weighted by molar-refractivity contribution is 7.09. The van der Waals surface area contributed by atoms with Crippen LogP contribution < -0.4 is 5.73 Å². The second-order valence-corrected chi connectivity index (χ2v) is 3.85. The summed E-state index contributed by atoms with van der Waals surface area (Å²) in [6, 6.07) is -0.374. The molecule has 0 saturated carbocycles. The van der Waals surface area contributed by atoms with Gasteiger partial charge in [-0.3, -0.25) is 0 Å². The molecule has 0 aromatic carbocycles. The number of thiazole rings is 1. The third kappa shape index (κ3) is 2.68. The molecular weight excluding hydrogens is 213 g/mol. The molecule has 0 radical (unpaired) electrons. The predicted octanol–water partition coefficient (Wildman–Crippen LogP) is 2.96. The van der Waals surface area contributed by atoms with E-state index in [1.807, 2.05) is 6.92 Å². The summed E-state index contributed by atoms with van der Waals surface area (Å²) in [6.45, 7) is 1.93. The van der Waals surface area contributed by atoms with Crippen LogP contribution in [0.1, 0.15) is 36.5 Å². The fourth-order valence-corrected chi connectivity index (χ4v) is 1.89. The van der Waals surface area contributed by atoms with Crippen LogP contribution in [0.3, 0.4) is 0 Å². The Morgan fingerprint density at radius 2 is 2.21 bits per heavy atom. The van der Waals surface area contributed by atoms with Crippen LogP contribution in [-0.4, -0.2) is 4.98 Å². The van der Waals surface area contributed by atoms with Gasteiger partial charge in [-0.25, -0.2) is 4.98 Å². The van der Waals surface area contributed by atoms with Crippen molar-refractivity contribution in [2.45, 2.75) is 32.0 Å². The fraction of sp³-hybridized carbons (Fsp3) is 0.625. The van der Waals surface area contributed by atoms with E-state index in [-0.39, 0.29) is 6.04 Å². The first-order chi connectivity index (χ1) is 6.45. The molecule has 1 aromatic heterocycles. The smallest absolute Gasteiger partial charge is 0.322 e. The lowest BCUT2D eigenvalue weighted by molar-refractivity contribution is -0.140. The maximum Gasteiger partial charge on any atom is 0.434 e. The average Bonchev–Trinajstić information content (AvgIpc) is 2.51. The number of nitrogens with two attached hydrogens (primary N) is 1. The van der Waals surface area contributed by atoms with Crippen molar-refractivity contribution in [2.24, 2.45) is 5.73 Å². The van der Waals surface area contributed by atoms with Gasteiger partial charge in [0.1, 0.15) is 5.01 Å². The largest absolute Gasteiger partial charge is 0.434 e. The number of alkyl halides is 3. The molecule has 1 rings (SSSR count). The van der Waals surface area contributed by atoms with Gasteiger partial charge in [-0.1, -0.05) is 13.3 Å². The van der Waals surface area contributed by atoms with Gasteiger partial charge in [-0.2, -0.15) is 13.2 Å². The second-order valence-electron chi connectivity index (χ2n) is 2.96. The lowest BCUT2D eigenvalue weighted by Gasteiger charge is -2.05. The number of rotatable bonds is 3. The van der Waals surface area contributed by atoms with E-state index in [1.165, 1.54) is 0 Å². The number of hydrogen-bond donors (Lipinski definition) is 1. The van der Waals surface area contributed by atoms with Crippen molar-refractivity contribution in [1.82, 2.24) is 4.98 Å². The lowest BCUT2D eigenvalue weighted by Crippen LogP contribution is -2.11. The monoisotopic (exact) mass is 224 g/mol. The summed E-state index contributed by atoms with van der Waals surface area (Å²) in [5.41, 5.74) is 4.80. The Balaban J connectivity index is 2.78. The minimum atomic E-state index is -4.36. The minimum Gasteiger partial charge on any atom is -0.322 e. The summed E-state index contributed by atoms with van der Waals surface area (Å²) in [5, 5.41) is 1.37. The van der Waals surface area contributed by atoms with Gasteiger partial charge >= 0.3 is 6.18 Å². The fourth-order valence-electron chi connectivity index (χ4n) is 1.02. The van der Waals surface area contributed by atoms with Gasteiger partial charge in [0.15, 0.2) is 5.69 Å². The molecule has 1 unspecified atom stereocenters. The summed E-state index contributed by atoms with van der Waals surface area (Å²) in [6.07, 6.45) is -2.87. The van der Waals surface area contributed by atoms with Crippen LogP contribution in [-0.2, 0) is 6.18 Å².